The number of halogens is 2. The molecule has 2 aromatic rings. The van der Waals surface area contributed by atoms with Gasteiger partial charge in [0.05, 0.1) is 24.6 Å². The molecule has 0 aliphatic heterocycles. The molecule has 1 saturated carbocycles. The molecule has 1 aliphatic rings. The Morgan fingerprint density at radius 1 is 1.29 bits per heavy atom. The highest BCUT2D eigenvalue weighted by Crippen LogP contribution is 2.36. The first-order valence-electron chi connectivity index (χ1n) is 8.79. The zero-order chi connectivity index (χ0) is 20.4. The van der Waals surface area contributed by atoms with E-state index in [9.17, 15) is 13.6 Å². The van der Waals surface area contributed by atoms with E-state index in [0.29, 0.717) is 5.92 Å². The number of ether oxygens (including phenoxy) is 1. The number of methoxy groups -OCH3 is 1. The fraction of sp³-hybridized carbons (Fsp3) is 0.389. The van der Waals surface area contributed by atoms with Crippen molar-refractivity contribution in [3.8, 4) is 5.88 Å². The van der Waals surface area contributed by atoms with Gasteiger partial charge in [0.25, 0.3) is 5.91 Å². The maximum atomic E-state index is 14.5. The molecule has 2 atom stereocenters. The van der Waals surface area contributed by atoms with E-state index in [1.54, 1.807) is 0 Å². The molecule has 1 aliphatic carbocycles. The second-order valence-corrected chi connectivity index (χ2v) is 6.79. The van der Waals surface area contributed by atoms with Gasteiger partial charge in [-0.1, -0.05) is 0 Å². The second-order valence-electron chi connectivity index (χ2n) is 6.79. The van der Waals surface area contributed by atoms with Crippen LogP contribution < -0.4 is 26.8 Å². The summed E-state index contributed by atoms with van der Waals surface area (Å²) in [7, 11) is 1.29. The van der Waals surface area contributed by atoms with Crippen molar-refractivity contribution >= 4 is 23.2 Å². The van der Waals surface area contributed by atoms with Gasteiger partial charge < -0.3 is 26.8 Å². The van der Waals surface area contributed by atoms with Gasteiger partial charge in [0.15, 0.2) is 17.5 Å². The number of amides is 1. The molecule has 1 amide bonds. The molecule has 10 heteroatoms. The summed E-state index contributed by atoms with van der Waals surface area (Å²) < 4.78 is 33.2. The van der Waals surface area contributed by atoms with Crippen LogP contribution in [0.15, 0.2) is 18.3 Å². The van der Waals surface area contributed by atoms with Crippen LogP contribution in [0.1, 0.15) is 30.1 Å². The fourth-order valence-corrected chi connectivity index (χ4v) is 2.95. The van der Waals surface area contributed by atoms with Gasteiger partial charge in [-0.3, -0.25) is 4.79 Å². The van der Waals surface area contributed by atoms with E-state index in [2.05, 4.69) is 20.6 Å². The molecular weight excluding hydrogens is 370 g/mol. The van der Waals surface area contributed by atoms with Gasteiger partial charge in [-0.05, 0) is 31.7 Å². The zero-order valence-corrected chi connectivity index (χ0v) is 15.5. The monoisotopic (exact) mass is 392 g/mol. The molecule has 0 bridgehead atoms. The summed E-state index contributed by atoms with van der Waals surface area (Å²) in [6.45, 7) is 1.83. The van der Waals surface area contributed by atoms with Crippen molar-refractivity contribution in [2.24, 2.45) is 17.4 Å². The van der Waals surface area contributed by atoms with Gasteiger partial charge in [0.2, 0.25) is 5.88 Å². The molecule has 8 nitrogen and oxygen atoms in total. The van der Waals surface area contributed by atoms with Crippen LogP contribution in [-0.4, -0.2) is 35.1 Å². The molecule has 28 heavy (non-hydrogen) atoms. The summed E-state index contributed by atoms with van der Waals surface area (Å²) in [4.78, 5) is 19.7. The van der Waals surface area contributed by atoms with Crippen molar-refractivity contribution in [2.45, 2.75) is 31.8 Å². The van der Waals surface area contributed by atoms with E-state index in [4.69, 9.17) is 16.2 Å². The Labute approximate surface area is 160 Å². The summed E-state index contributed by atoms with van der Waals surface area (Å²) in [5.41, 5.74) is 11.3. The van der Waals surface area contributed by atoms with Crippen LogP contribution in [0.5, 0.6) is 5.88 Å². The van der Waals surface area contributed by atoms with Crippen molar-refractivity contribution in [2.75, 3.05) is 17.7 Å². The molecule has 0 radical (unpaired) electrons. The highest BCUT2D eigenvalue weighted by molar-refractivity contribution is 5.98. The average molecular weight is 392 g/mol. The molecule has 2 heterocycles. The molecule has 150 valence electrons. The molecule has 1 fully saturated rings. The fourth-order valence-electron chi connectivity index (χ4n) is 2.95. The highest BCUT2D eigenvalue weighted by atomic mass is 19.1. The third-order valence-electron chi connectivity index (χ3n) is 4.50. The number of anilines is 3. The van der Waals surface area contributed by atoms with Crippen molar-refractivity contribution in [3.63, 3.8) is 0 Å². The van der Waals surface area contributed by atoms with Gasteiger partial charge in [-0.25, -0.2) is 18.7 Å². The molecule has 0 spiro atoms. The van der Waals surface area contributed by atoms with Crippen molar-refractivity contribution in [1.29, 1.82) is 0 Å². The topological polar surface area (TPSA) is 128 Å². The number of primary amides is 1. The highest BCUT2D eigenvalue weighted by Gasteiger charge is 2.34. The maximum absolute atomic E-state index is 14.5. The lowest BCUT2D eigenvalue weighted by Gasteiger charge is -2.23. The largest absolute Gasteiger partial charge is 0.479 e. The molecule has 0 aromatic carbocycles. The minimum atomic E-state index is -0.881. The number of carbonyl (C=O) groups is 1. The van der Waals surface area contributed by atoms with Gasteiger partial charge in [-0.2, -0.15) is 0 Å². The Bertz CT molecular complexity index is 887. The first-order valence-corrected chi connectivity index (χ1v) is 8.79. The van der Waals surface area contributed by atoms with E-state index in [0.717, 1.165) is 25.0 Å². The van der Waals surface area contributed by atoms with Crippen molar-refractivity contribution in [3.05, 3.63) is 35.5 Å². The van der Waals surface area contributed by atoms with Crippen LogP contribution in [0.2, 0.25) is 0 Å². The minimum absolute atomic E-state index is 0.0259. The number of nitrogens with one attached hydrogen (secondary N) is 2. The molecule has 6 N–H and O–H groups in total. The minimum Gasteiger partial charge on any atom is -0.479 e. The van der Waals surface area contributed by atoms with Crippen LogP contribution in [0.25, 0.3) is 0 Å². The van der Waals surface area contributed by atoms with Crippen LogP contribution in [0.4, 0.5) is 26.1 Å². The molecule has 0 unspecified atom stereocenters. The van der Waals surface area contributed by atoms with Gasteiger partial charge >= 0.3 is 0 Å². The average Bonchev–Trinajstić information content (AvgIpc) is 3.46. The van der Waals surface area contributed by atoms with Crippen molar-refractivity contribution < 1.29 is 18.3 Å². The predicted molar refractivity (Wildman–Crippen MR) is 101 cm³/mol. The lowest BCUT2D eigenvalue weighted by atomic mass is 10.1. The van der Waals surface area contributed by atoms with E-state index in [-0.39, 0.29) is 40.9 Å². The number of nitrogens with zero attached hydrogens (tertiary/aromatic N) is 2. The normalized spacial score (nSPS) is 15.6. The summed E-state index contributed by atoms with van der Waals surface area (Å²) in [5, 5.41) is 5.77. The molecule has 0 saturated heterocycles. The number of carbonyl (C=O) groups excluding carboxylic acids is 1. The summed E-state index contributed by atoms with van der Waals surface area (Å²) >= 11 is 0. The number of pyridine rings is 2. The molecular formula is C18H22F2N6O2. The Hall–Kier alpha value is -3.01. The van der Waals surface area contributed by atoms with Gasteiger partial charge in [0, 0.05) is 18.2 Å². The second kappa shape index (κ2) is 7.93. The maximum Gasteiger partial charge on any atom is 0.252 e. The Kier molecular flexibility index (Phi) is 5.59. The Balaban J connectivity index is 1.94. The van der Waals surface area contributed by atoms with Crippen LogP contribution in [-0.2, 0) is 0 Å². The summed E-state index contributed by atoms with van der Waals surface area (Å²) in [6, 6.07) is 1.72. The van der Waals surface area contributed by atoms with E-state index >= 15 is 0 Å². The van der Waals surface area contributed by atoms with E-state index < -0.39 is 17.5 Å². The SMILES string of the molecule is COc1ncc(Nc2nc(N[C@H](C3CC3)[C@H](C)N)c(F)cc2C(N)=O)cc1F. The van der Waals surface area contributed by atoms with Crippen LogP contribution >= 0.6 is 0 Å². The smallest absolute Gasteiger partial charge is 0.252 e. The predicted octanol–water partition coefficient (Wildman–Crippen LogP) is 2.14. The van der Waals surface area contributed by atoms with Crippen molar-refractivity contribution in [1.82, 2.24) is 9.97 Å². The molecule has 2 aromatic heterocycles. The third-order valence-corrected chi connectivity index (χ3v) is 4.50. The lowest BCUT2D eigenvalue weighted by Crippen LogP contribution is -2.40. The Morgan fingerprint density at radius 2 is 2.00 bits per heavy atom. The third kappa shape index (κ3) is 4.28. The van der Waals surface area contributed by atoms with Crippen LogP contribution in [0.3, 0.4) is 0 Å². The van der Waals surface area contributed by atoms with E-state index in [1.165, 1.54) is 13.3 Å². The zero-order valence-electron chi connectivity index (χ0n) is 15.5. The number of hydrogen-bond acceptors (Lipinski definition) is 7. The van der Waals surface area contributed by atoms with Gasteiger partial charge in [0.1, 0.15) is 5.82 Å². The first-order chi connectivity index (χ1) is 13.3. The van der Waals surface area contributed by atoms with Gasteiger partial charge in [-0.15, -0.1) is 0 Å². The molecule has 3 rings (SSSR count). The first kappa shape index (κ1) is 19.7. The quantitative estimate of drug-likeness (QED) is 0.542. The summed E-state index contributed by atoms with van der Waals surface area (Å²) in [5.74, 6) is -2.25. The lowest BCUT2D eigenvalue weighted by molar-refractivity contribution is 0.100. The van der Waals surface area contributed by atoms with Crippen LogP contribution in [0, 0.1) is 17.6 Å². The van der Waals surface area contributed by atoms with E-state index in [1.807, 2.05) is 6.92 Å². The number of hydrogen-bond donors (Lipinski definition) is 4. The standard InChI is InChI=1S/C18H22F2N6O2/c1-8(21)14(9-3-4-9)25-17-12(19)6-11(15(22)27)16(26-17)24-10-5-13(20)18(28-2)23-7-10/h5-9,14H,3-4,21H2,1-2H3,(H2,22,27)(H2,24,25,26)/t8-,14-/m0/s1. The number of aromatic nitrogens is 2. The Morgan fingerprint density at radius 3 is 2.54 bits per heavy atom. The number of rotatable bonds is 8. The number of nitrogens with two attached hydrogens (primary N) is 2. The summed E-state index contributed by atoms with van der Waals surface area (Å²) in [6.07, 6.45) is 3.30.